The van der Waals surface area contributed by atoms with Gasteiger partial charge in [-0.2, -0.15) is 5.10 Å². The summed E-state index contributed by atoms with van der Waals surface area (Å²) in [5, 5.41) is 3.87. The largest absolute Gasteiger partial charge is 0.298 e. The smallest absolute Gasteiger partial charge is 0.150 e. The van der Waals surface area contributed by atoms with Crippen LogP contribution in [-0.4, -0.2) is 12.5 Å². The highest BCUT2D eigenvalue weighted by atomic mass is 32.2. The second-order valence-corrected chi connectivity index (χ2v) is 3.19. The van der Waals surface area contributed by atoms with Crippen molar-refractivity contribution < 1.29 is 4.79 Å². The van der Waals surface area contributed by atoms with Gasteiger partial charge in [-0.25, -0.2) is 4.83 Å². The normalized spacial score (nSPS) is 13.3. The fourth-order valence-corrected chi connectivity index (χ4v) is 1.63. The molecule has 0 aromatic heterocycles. The van der Waals surface area contributed by atoms with E-state index >= 15 is 0 Å². The third-order valence-electron chi connectivity index (χ3n) is 1.59. The molecule has 1 aliphatic heterocycles. The van der Waals surface area contributed by atoms with Crippen LogP contribution in [0, 0.1) is 0 Å². The zero-order valence-corrected chi connectivity index (χ0v) is 6.97. The molecule has 4 heteroatoms. The van der Waals surface area contributed by atoms with Crippen LogP contribution in [-0.2, 0) is 0 Å². The highest BCUT2D eigenvalue weighted by Gasteiger charge is 2.05. The van der Waals surface area contributed by atoms with Gasteiger partial charge >= 0.3 is 0 Å². The Hall–Kier alpha value is -1.29. The van der Waals surface area contributed by atoms with Crippen molar-refractivity contribution >= 4 is 24.4 Å². The standard InChI is InChI=1S/C8H6N2OS/c11-5-6-1-2-7-4-9-10-12-8(7)3-6/h1-5,10H. The first-order chi connectivity index (χ1) is 5.90. The fourth-order valence-electron chi connectivity index (χ4n) is 0.991. The molecule has 12 heavy (non-hydrogen) atoms. The van der Waals surface area contributed by atoms with Crippen LogP contribution in [0.1, 0.15) is 15.9 Å². The first-order valence-electron chi connectivity index (χ1n) is 3.44. The van der Waals surface area contributed by atoms with Gasteiger partial charge in [-0.05, 0) is 6.07 Å². The Morgan fingerprint density at radius 1 is 1.50 bits per heavy atom. The lowest BCUT2D eigenvalue weighted by Crippen LogP contribution is -2.02. The van der Waals surface area contributed by atoms with Crippen LogP contribution in [0.3, 0.4) is 0 Å². The van der Waals surface area contributed by atoms with Crippen molar-refractivity contribution in [3.63, 3.8) is 0 Å². The molecule has 1 heterocycles. The molecule has 0 radical (unpaired) electrons. The molecule has 0 bridgehead atoms. The van der Waals surface area contributed by atoms with E-state index < -0.39 is 0 Å². The number of carbonyl (C=O) groups is 1. The van der Waals surface area contributed by atoms with Gasteiger partial charge in [-0.15, -0.1) is 0 Å². The number of nitrogens with zero attached hydrogens (tertiary/aromatic N) is 1. The molecule has 0 amide bonds. The Morgan fingerprint density at radius 3 is 3.25 bits per heavy atom. The first kappa shape index (κ1) is 7.36. The predicted molar refractivity (Wildman–Crippen MR) is 48.4 cm³/mol. The molecular formula is C8H6N2OS. The molecule has 0 fully saturated rings. The Bertz CT molecular complexity index is 349. The maximum atomic E-state index is 10.4. The summed E-state index contributed by atoms with van der Waals surface area (Å²) < 4.78 is 0. The maximum absolute atomic E-state index is 10.4. The predicted octanol–water partition coefficient (Wildman–Crippen LogP) is 1.44. The van der Waals surface area contributed by atoms with E-state index in [0.29, 0.717) is 5.56 Å². The van der Waals surface area contributed by atoms with Crippen LogP contribution in [0.15, 0.2) is 28.2 Å². The summed E-state index contributed by atoms with van der Waals surface area (Å²) in [7, 11) is 0. The van der Waals surface area contributed by atoms with Gasteiger partial charge in [0.15, 0.2) is 0 Å². The highest BCUT2D eigenvalue weighted by Crippen LogP contribution is 2.22. The molecule has 0 aliphatic carbocycles. The van der Waals surface area contributed by atoms with Crippen LogP contribution in [0.25, 0.3) is 0 Å². The van der Waals surface area contributed by atoms with Crippen LogP contribution in [0.5, 0.6) is 0 Å². The quantitative estimate of drug-likeness (QED) is 0.522. The van der Waals surface area contributed by atoms with Gasteiger partial charge in [-0.1, -0.05) is 12.1 Å². The molecule has 2 rings (SSSR count). The summed E-state index contributed by atoms with van der Waals surface area (Å²) in [5.74, 6) is 0. The van der Waals surface area contributed by atoms with Gasteiger partial charge < -0.3 is 0 Å². The average Bonchev–Trinajstić information content (AvgIpc) is 2.17. The van der Waals surface area contributed by atoms with Gasteiger partial charge in [-0.3, -0.25) is 4.79 Å². The maximum Gasteiger partial charge on any atom is 0.150 e. The van der Waals surface area contributed by atoms with Crippen LogP contribution in [0.2, 0.25) is 0 Å². The van der Waals surface area contributed by atoms with Crippen LogP contribution < -0.4 is 4.83 Å². The highest BCUT2D eigenvalue weighted by molar-refractivity contribution is 7.97. The molecule has 0 spiro atoms. The lowest BCUT2D eigenvalue weighted by molar-refractivity contribution is 0.112. The Balaban J connectivity index is 2.50. The average molecular weight is 178 g/mol. The lowest BCUT2D eigenvalue weighted by atomic mass is 10.1. The number of hydrazone groups is 1. The summed E-state index contributed by atoms with van der Waals surface area (Å²) in [6.07, 6.45) is 2.58. The van der Waals surface area contributed by atoms with Gasteiger partial charge in [0.05, 0.1) is 6.21 Å². The molecule has 1 aromatic carbocycles. The minimum absolute atomic E-state index is 0.693. The van der Waals surface area contributed by atoms with Crippen molar-refractivity contribution in [3.05, 3.63) is 29.3 Å². The van der Waals surface area contributed by atoms with Gasteiger partial charge in [0.2, 0.25) is 0 Å². The van der Waals surface area contributed by atoms with Gasteiger partial charge in [0.1, 0.15) is 6.29 Å². The number of aldehydes is 1. The Morgan fingerprint density at radius 2 is 2.42 bits per heavy atom. The van der Waals surface area contributed by atoms with Gasteiger partial charge in [0.25, 0.3) is 0 Å². The second kappa shape index (κ2) is 2.98. The number of nitrogens with one attached hydrogen (secondary N) is 1. The molecular weight excluding hydrogens is 172 g/mol. The number of fused-ring (bicyclic) bond motifs is 1. The first-order valence-corrected chi connectivity index (χ1v) is 4.26. The Kier molecular flexibility index (Phi) is 1.83. The van der Waals surface area contributed by atoms with E-state index in [1.807, 2.05) is 12.1 Å². The summed E-state index contributed by atoms with van der Waals surface area (Å²) in [6, 6.07) is 5.51. The number of benzene rings is 1. The van der Waals surface area contributed by atoms with E-state index in [4.69, 9.17) is 0 Å². The summed E-state index contributed by atoms with van der Waals surface area (Å²) in [6.45, 7) is 0. The molecule has 0 unspecified atom stereocenters. The minimum Gasteiger partial charge on any atom is -0.298 e. The van der Waals surface area contributed by atoms with E-state index in [9.17, 15) is 4.79 Å². The Labute approximate surface area is 74.0 Å². The number of hydrogen-bond acceptors (Lipinski definition) is 4. The van der Waals surface area contributed by atoms with Crippen LogP contribution >= 0.6 is 11.9 Å². The van der Waals surface area contributed by atoms with Crippen molar-refractivity contribution in [1.29, 1.82) is 0 Å². The van der Waals surface area contributed by atoms with Crippen molar-refractivity contribution in [3.8, 4) is 0 Å². The molecule has 60 valence electrons. The van der Waals surface area contributed by atoms with Crippen molar-refractivity contribution in [2.24, 2.45) is 5.10 Å². The van der Waals surface area contributed by atoms with Gasteiger partial charge in [0, 0.05) is 28.0 Å². The molecule has 3 nitrogen and oxygen atoms in total. The molecule has 0 atom stereocenters. The number of hydrogen-bond donors (Lipinski definition) is 1. The molecule has 0 saturated heterocycles. The summed E-state index contributed by atoms with van der Waals surface area (Å²) >= 11 is 1.41. The molecule has 0 saturated carbocycles. The molecule has 1 N–H and O–H groups in total. The van der Waals surface area contributed by atoms with E-state index in [1.165, 1.54) is 11.9 Å². The van der Waals surface area contributed by atoms with E-state index in [1.54, 1.807) is 12.3 Å². The SMILES string of the molecule is O=Cc1ccc2c(c1)SNN=C2. The second-order valence-electron chi connectivity index (χ2n) is 2.37. The van der Waals surface area contributed by atoms with E-state index in [0.717, 1.165) is 16.7 Å². The zero-order valence-electron chi connectivity index (χ0n) is 6.15. The molecule has 1 aromatic rings. The van der Waals surface area contributed by atoms with E-state index in [2.05, 4.69) is 9.93 Å². The minimum atomic E-state index is 0.693. The summed E-state index contributed by atoms with van der Waals surface area (Å²) in [5.41, 5.74) is 1.74. The van der Waals surface area contributed by atoms with E-state index in [-0.39, 0.29) is 0 Å². The molecule has 1 aliphatic rings. The monoisotopic (exact) mass is 178 g/mol. The fraction of sp³-hybridized carbons (Fsp3) is 0. The third-order valence-corrected chi connectivity index (χ3v) is 2.36. The van der Waals surface area contributed by atoms with Crippen molar-refractivity contribution in [2.75, 3.05) is 0 Å². The number of carbonyl (C=O) groups excluding carboxylic acids is 1. The van der Waals surface area contributed by atoms with Crippen molar-refractivity contribution in [2.45, 2.75) is 4.90 Å². The third kappa shape index (κ3) is 1.21. The number of rotatable bonds is 1. The summed E-state index contributed by atoms with van der Waals surface area (Å²) in [4.78, 5) is 14.2. The topological polar surface area (TPSA) is 41.5 Å². The lowest BCUT2D eigenvalue weighted by Gasteiger charge is -2.09. The zero-order chi connectivity index (χ0) is 8.39. The van der Waals surface area contributed by atoms with Crippen LogP contribution in [0.4, 0.5) is 0 Å². The van der Waals surface area contributed by atoms with Crippen molar-refractivity contribution in [1.82, 2.24) is 4.83 Å².